The van der Waals surface area contributed by atoms with Crippen molar-refractivity contribution in [3.05, 3.63) is 82.4 Å². The summed E-state index contributed by atoms with van der Waals surface area (Å²) in [7, 11) is 0. The quantitative estimate of drug-likeness (QED) is 0.517. The maximum atomic E-state index is 14.2. The Kier molecular flexibility index (Phi) is 7.03. The number of amides is 3. The van der Waals surface area contributed by atoms with Gasteiger partial charge >= 0.3 is 6.03 Å². The summed E-state index contributed by atoms with van der Waals surface area (Å²) in [6, 6.07) is 12.9. The van der Waals surface area contributed by atoms with Crippen LogP contribution in [0.3, 0.4) is 0 Å². The fourth-order valence-corrected chi connectivity index (χ4v) is 4.78. The summed E-state index contributed by atoms with van der Waals surface area (Å²) in [5.41, 5.74) is 1.81. The number of aromatic amines is 1. The Morgan fingerprint density at radius 3 is 2.68 bits per heavy atom. The standard InChI is InChI=1S/C27H26ClN7O3/c1-16(2)38-21-13-17(14-29)3-8-20(21)26-33-23(18-4-6-19(28)7-5-18)24(25-31-9-10-32-25)35(26)27(37)34-12-11-30-22(36)15-34/h3-10,13,16,23-24H,11-12,15H2,1-2H3,(H,30,36)(H,31,32). The van der Waals surface area contributed by atoms with Crippen molar-refractivity contribution in [2.24, 2.45) is 4.99 Å². The number of hydrogen-bond acceptors (Lipinski definition) is 6. The molecule has 5 rings (SSSR count). The number of nitrogens with zero attached hydrogens (tertiary/aromatic N) is 5. The van der Waals surface area contributed by atoms with Gasteiger partial charge in [-0.1, -0.05) is 23.7 Å². The van der Waals surface area contributed by atoms with Crippen molar-refractivity contribution < 1.29 is 14.3 Å². The first-order valence-corrected chi connectivity index (χ1v) is 12.6. The van der Waals surface area contributed by atoms with E-state index < -0.39 is 12.1 Å². The monoisotopic (exact) mass is 531 g/mol. The number of amidine groups is 1. The van der Waals surface area contributed by atoms with Crippen LogP contribution in [0, 0.1) is 11.3 Å². The minimum absolute atomic E-state index is 0.0676. The van der Waals surface area contributed by atoms with Gasteiger partial charge in [0.2, 0.25) is 5.91 Å². The molecule has 2 N–H and O–H groups in total. The van der Waals surface area contributed by atoms with E-state index in [1.54, 1.807) is 47.6 Å². The molecule has 3 heterocycles. The number of H-pyrrole nitrogens is 1. The van der Waals surface area contributed by atoms with Gasteiger partial charge in [0, 0.05) is 30.5 Å². The van der Waals surface area contributed by atoms with Crippen molar-refractivity contribution >= 4 is 29.4 Å². The first-order chi connectivity index (χ1) is 18.4. The second-order valence-electron chi connectivity index (χ2n) is 9.28. The van der Waals surface area contributed by atoms with E-state index in [-0.39, 0.29) is 24.6 Å². The van der Waals surface area contributed by atoms with Gasteiger partial charge in [-0.2, -0.15) is 5.26 Å². The number of carbonyl (C=O) groups excluding carboxylic acids is 2. The highest BCUT2D eigenvalue weighted by molar-refractivity contribution is 6.30. The molecule has 3 amide bonds. The maximum Gasteiger partial charge on any atom is 0.326 e. The number of hydrogen-bond donors (Lipinski definition) is 2. The Labute approximate surface area is 224 Å². The highest BCUT2D eigenvalue weighted by Gasteiger charge is 2.46. The van der Waals surface area contributed by atoms with Crippen LogP contribution in [0.25, 0.3) is 0 Å². The lowest BCUT2D eigenvalue weighted by Gasteiger charge is -2.35. The summed E-state index contributed by atoms with van der Waals surface area (Å²) < 4.78 is 6.08. The number of ether oxygens (including phenoxy) is 1. The van der Waals surface area contributed by atoms with Gasteiger partial charge in [0.1, 0.15) is 36.0 Å². The highest BCUT2D eigenvalue weighted by atomic mass is 35.5. The number of halogens is 1. The number of benzene rings is 2. The fraction of sp³-hybridized carbons (Fsp3) is 0.296. The Balaban J connectivity index is 1.69. The van der Waals surface area contributed by atoms with Crippen molar-refractivity contribution in [1.29, 1.82) is 5.26 Å². The molecule has 1 fully saturated rings. The zero-order chi connectivity index (χ0) is 26.8. The second-order valence-corrected chi connectivity index (χ2v) is 9.72. The molecule has 0 spiro atoms. The molecule has 2 aromatic carbocycles. The average molecular weight is 532 g/mol. The van der Waals surface area contributed by atoms with Crippen molar-refractivity contribution in [1.82, 2.24) is 25.1 Å². The molecule has 38 heavy (non-hydrogen) atoms. The number of carbonyl (C=O) groups is 2. The van der Waals surface area contributed by atoms with Crippen LogP contribution in [0.5, 0.6) is 5.75 Å². The van der Waals surface area contributed by atoms with Gasteiger partial charge < -0.3 is 19.9 Å². The van der Waals surface area contributed by atoms with E-state index >= 15 is 0 Å². The highest BCUT2D eigenvalue weighted by Crippen LogP contribution is 2.44. The molecule has 2 aliphatic heterocycles. The lowest BCUT2D eigenvalue weighted by molar-refractivity contribution is -0.123. The third-order valence-electron chi connectivity index (χ3n) is 6.31. The Hall–Kier alpha value is -4.36. The molecule has 2 atom stereocenters. The maximum absolute atomic E-state index is 14.2. The summed E-state index contributed by atoms with van der Waals surface area (Å²) in [5, 5.41) is 12.8. The minimum Gasteiger partial charge on any atom is -0.490 e. The van der Waals surface area contributed by atoms with E-state index in [0.717, 1.165) is 5.56 Å². The average Bonchev–Trinajstić information content (AvgIpc) is 3.56. The zero-order valence-electron chi connectivity index (χ0n) is 20.9. The molecule has 0 bridgehead atoms. The molecule has 10 nitrogen and oxygen atoms in total. The van der Waals surface area contributed by atoms with Crippen molar-refractivity contribution in [2.45, 2.75) is 32.0 Å². The minimum atomic E-state index is -0.638. The molecular weight excluding hydrogens is 506 g/mol. The largest absolute Gasteiger partial charge is 0.490 e. The number of urea groups is 1. The van der Waals surface area contributed by atoms with Crippen LogP contribution < -0.4 is 10.1 Å². The summed E-state index contributed by atoms with van der Waals surface area (Å²) in [5.74, 6) is 1.11. The van der Waals surface area contributed by atoms with E-state index in [4.69, 9.17) is 21.3 Å². The van der Waals surface area contributed by atoms with Crippen LogP contribution in [0.4, 0.5) is 4.79 Å². The van der Waals surface area contributed by atoms with Gasteiger partial charge in [-0.3, -0.25) is 14.7 Å². The number of aromatic nitrogens is 2. The van der Waals surface area contributed by atoms with Crippen LogP contribution in [0.15, 0.2) is 59.9 Å². The molecule has 3 aromatic rings. The number of piperazine rings is 1. The smallest absolute Gasteiger partial charge is 0.326 e. The van der Waals surface area contributed by atoms with E-state index in [9.17, 15) is 14.9 Å². The number of nitriles is 1. The lowest BCUT2D eigenvalue weighted by Crippen LogP contribution is -2.55. The molecule has 1 saturated heterocycles. The first-order valence-electron chi connectivity index (χ1n) is 12.2. The molecule has 194 valence electrons. The van der Waals surface area contributed by atoms with E-state index in [1.165, 1.54) is 4.90 Å². The lowest BCUT2D eigenvalue weighted by atomic mass is 9.99. The number of nitrogens with one attached hydrogen (secondary N) is 2. The molecule has 0 saturated carbocycles. The normalized spacial score (nSPS) is 19.2. The van der Waals surface area contributed by atoms with Crippen LogP contribution in [0.2, 0.25) is 5.02 Å². The Morgan fingerprint density at radius 1 is 1.24 bits per heavy atom. The number of imidazole rings is 1. The molecule has 0 aliphatic carbocycles. The molecule has 2 aliphatic rings. The van der Waals surface area contributed by atoms with Crippen LogP contribution >= 0.6 is 11.6 Å². The van der Waals surface area contributed by atoms with E-state index in [1.807, 2.05) is 26.0 Å². The molecule has 11 heteroatoms. The van der Waals surface area contributed by atoms with E-state index in [2.05, 4.69) is 21.4 Å². The molecular formula is C27H26ClN7O3. The topological polar surface area (TPSA) is 127 Å². The van der Waals surface area contributed by atoms with Crippen molar-refractivity contribution in [3.8, 4) is 11.8 Å². The molecule has 0 radical (unpaired) electrons. The van der Waals surface area contributed by atoms with Gasteiger partial charge in [-0.25, -0.2) is 9.78 Å². The second kappa shape index (κ2) is 10.6. The van der Waals surface area contributed by atoms with Crippen molar-refractivity contribution in [2.75, 3.05) is 19.6 Å². The van der Waals surface area contributed by atoms with Gasteiger partial charge in [-0.15, -0.1) is 0 Å². The SMILES string of the molecule is CC(C)Oc1cc(C#N)ccc1C1=NC(c2ccc(Cl)cc2)C(c2ncc[nH]2)N1C(=O)N1CCNC(=O)C1. The Morgan fingerprint density at radius 2 is 2.03 bits per heavy atom. The van der Waals surface area contributed by atoms with Gasteiger partial charge in [0.05, 0.1) is 23.3 Å². The van der Waals surface area contributed by atoms with Crippen LogP contribution in [0.1, 0.15) is 48.4 Å². The van der Waals surface area contributed by atoms with Crippen molar-refractivity contribution in [3.63, 3.8) is 0 Å². The predicted molar refractivity (Wildman–Crippen MR) is 141 cm³/mol. The number of aliphatic imine (C=N–C) groups is 1. The van der Waals surface area contributed by atoms with Crippen LogP contribution in [-0.2, 0) is 4.79 Å². The first kappa shape index (κ1) is 25.3. The number of rotatable bonds is 5. The zero-order valence-corrected chi connectivity index (χ0v) is 21.6. The summed E-state index contributed by atoms with van der Waals surface area (Å²) in [6.07, 6.45) is 3.13. The van der Waals surface area contributed by atoms with Gasteiger partial charge in [0.15, 0.2) is 0 Å². The summed E-state index contributed by atoms with van der Waals surface area (Å²) in [4.78, 5) is 42.1. The fourth-order valence-electron chi connectivity index (χ4n) is 4.66. The van der Waals surface area contributed by atoms with Crippen LogP contribution in [-0.4, -0.2) is 63.3 Å². The third kappa shape index (κ3) is 4.93. The predicted octanol–water partition coefficient (Wildman–Crippen LogP) is 3.82. The van der Waals surface area contributed by atoms with Gasteiger partial charge in [-0.05, 0) is 49.7 Å². The molecule has 2 unspecified atom stereocenters. The summed E-state index contributed by atoms with van der Waals surface area (Å²) in [6.45, 7) is 4.41. The van der Waals surface area contributed by atoms with E-state index in [0.29, 0.717) is 46.6 Å². The molecule has 1 aromatic heterocycles. The summed E-state index contributed by atoms with van der Waals surface area (Å²) >= 11 is 6.16. The third-order valence-corrected chi connectivity index (χ3v) is 6.56. The van der Waals surface area contributed by atoms with Gasteiger partial charge in [0.25, 0.3) is 0 Å². The Bertz CT molecular complexity index is 1410.